The van der Waals surface area contributed by atoms with Crippen molar-refractivity contribution in [3.8, 4) is 0 Å². The number of carboxylic acid groups (broad SMARTS) is 1. The summed E-state index contributed by atoms with van der Waals surface area (Å²) in [6, 6.07) is 28.2. The Balaban J connectivity index is 1.21. The summed E-state index contributed by atoms with van der Waals surface area (Å²) in [5, 5.41) is 11.5. The molecule has 0 atom stereocenters. The molecule has 8 heteroatoms. The molecule has 0 amide bonds. The van der Waals surface area contributed by atoms with Gasteiger partial charge < -0.3 is 9.67 Å². The summed E-state index contributed by atoms with van der Waals surface area (Å²) in [5.41, 5.74) is 6.90. The summed E-state index contributed by atoms with van der Waals surface area (Å²) in [6.07, 6.45) is 4.35. The maximum atomic E-state index is 11.5. The lowest BCUT2D eigenvalue weighted by Crippen LogP contribution is -2.34. The van der Waals surface area contributed by atoms with Crippen molar-refractivity contribution in [2.75, 3.05) is 13.1 Å². The Bertz CT molecular complexity index is 1780. The van der Waals surface area contributed by atoms with Crippen molar-refractivity contribution in [1.29, 1.82) is 0 Å². The number of imidazole rings is 1. The van der Waals surface area contributed by atoms with Crippen LogP contribution < -0.4 is 0 Å². The number of carbonyl (C=O) groups is 1. The molecule has 7 rings (SSSR count). The third-order valence-corrected chi connectivity index (χ3v) is 9.90. The standard InChI is InChI=1S/C36H32Cl3N3O2/c37-28-9-3-22(4-10-28)34(23-5-11-29(38)12-6-23)25-8-14-32-33(20-25)42(35(40-32)24-1-2-24)30-15-17-41(18-16-30)21-27-19-26(36(43)44)7-13-31(27)39/h3-14,19-20,24,30,34H,1-2,15-18,21H2,(H,43,44). The topological polar surface area (TPSA) is 58.4 Å². The molecule has 1 saturated carbocycles. The van der Waals surface area contributed by atoms with Crippen LogP contribution >= 0.6 is 34.8 Å². The van der Waals surface area contributed by atoms with Gasteiger partial charge in [-0.05, 0) is 103 Å². The number of nitrogens with zero attached hydrogens (tertiary/aromatic N) is 3. The maximum Gasteiger partial charge on any atom is 0.335 e. The zero-order chi connectivity index (χ0) is 30.4. The molecule has 4 aromatic carbocycles. The van der Waals surface area contributed by atoms with Gasteiger partial charge in [0.25, 0.3) is 0 Å². The van der Waals surface area contributed by atoms with E-state index >= 15 is 0 Å². The monoisotopic (exact) mass is 643 g/mol. The van der Waals surface area contributed by atoms with Crippen LogP contribution in [0.1, 0.15) is 82.0 Å². The zero-order valence-electron chi connectivity index (χ0n) is 24.1. The molecule has 224 valence electrons. The van der Waals surface area contributed by atoms with Gasteiger partial charge in [-0.15, -0.1) is 0 Å². The number of aromatic carboxylic acids is 1. The van der Waals surface area contributed by atoms with E-state index in [0.29, 0.717) is 23.5 Å². The Kier molecular flexibility index (Phi) is 8.15. The van der Waals surface area contributed by atoms with Crippen molar-refractivity contribution in [1.82, 2.24) is 14.5 Å². The molecule has 5 aromatic rings. The average molecular weight is 645 g/mol. The van der Waals surface area contributed by atoms with Gasteiger partial charge in [0.15, 0.2) is 0 Å². The lowest BCUT2D eigenvalue weighted by atomic mass is 9.85. The number of likely N-dealkylation sites (tertiary alicyclic amines) is 1. The number of hydrogen-bond donors (Lipinski definition) is 1. The molecule has 2 fully saturated rings. The molecular formula is C36H32Cl3N3O2. The highest BCUT2D eigenvalue weighted by Gasteiger charge is 2.33. The Morgan fingerprint density at radius 3 is 2.00 bits per heavy atom. The van der Waals surface area contributed by atoms with Gasteiger partial charge in [0.1, 0.15) is 5.82 Å². The predicted molar refractivity (Wildman–Crippen MR) is 178 cm³/mol. The zero-order valence-corrected chi connectivity index (χ0v) is 26.4. The van der Waals surface area contributed by atoms with E-state index in [-0.39, 0.29) is 11.5 Å². The second-order valence-electron chi connectivity index (χ2n) is 12.0. The van der Waals surface area contributed by atoms with Crippen molar-refractivity contribution in [3.63, 3.8) is 0 Å². The smallest absolute Gasteiger partial charge is 0.335 e. The van der Waals surface area contributed by atoms with Gasteiger partial charge in [-0.1, -0.05) is 65.1 Å². The van der Waals surface area contributed by atoms with E-state index in [9.17, 15) is 9.90 Å². The van der Waals surface area contributed by atoms with Crippen LogP contribution in [0.4, 0.5) is 0 Å². The number of fused-ring (bicyclic) bond motifs is 1. The fourth-order valence-corrected chi connectivity index (χ4v) is 7.04. The average Bonchev–Trinajstić information content (AvgIpc) is 3.81. The first kappa shape index (κ1) is 29.4. The van der Waals surface area contributed by atoms with Crippen molar-refractivity contribution in [2.45, 2.75) is 50.1 Å². The molecule has 0 radical (unpaired) electrons. The molecule has 1 aromatic heterocycles. The van der Waals surface area contributed by atoms with E-state index in [0.717, 1.165) is 47.1 Å². The summed E-state index contributed by atoms with van der Waals surface area (Å²) < 4.78 is 2.53. The quantitative estimate of drug-likeness (QED) is 0.171. The highest BCUT2D eigenvalue weighted by molar-refractivity contribution is 6.31. The number of carboxylic acids is 1. The van der Waals surface area contributed by atoms with E-state index in [1.807, 2.05) is 24.3 Å². The number of piperidine rings is 1. The highest BCUT2D eigenvalue weighted by atomic mass is 35.5. The number of aromatic nitrogens is 2. The number of benzene rings is 4. The molecule has 2 aliphatic rings. The van der Waals surface area contributed by atoms with Crippen LogP contribution in [0.3, 0.4) is 0 Å². The van der Waals surface area contributed by atoms with Gasteiger partial charge in [-0.2, -0.15) is 0 Å². The first-order valence-electron chi connectivity index (χ1n) is 15.1. The van der Waals surface area contributed by atoms with Crippen molar-refractivity contribution < 1.29 is 9.90 Å². The van der Waals surface area contributed by atoms with E-state index < -0.39 is 5.97 Å². The fraction of sp³-hybridized carbons (Fsp3) is 0.278. The van der Waals surface area contributed by atoms with Crippen molar-refractivity contribution in [3.05, 3.63) is 134 Å². The third-order valence-electron chi connectivity index (χ3n) is 9.03. The summed E-state index contributed by atoms with van der Waals surface area (Å²) in [7, 11) is 0. The van der Waals surface area contributed by atoms with Crippen LogP contribution in [0, 0.1) is 0 Å². The van der Waals surface area contributed by atoms with Crippen LogP contribution in [-0.4, -0.2) is 38.6 Å². The Labute approximate surface area is 272 Å². The molecule has 5 nitrogen and oxygen atoms in total. The SMILES string of the molecule is O=C(O)c1ccc(Cl)c(CN2CCC(n3c(C4CC4)nc4ccc(C(c5ccc(Cl)cc5)c5ccc(Cl)cc5)cc43)CC2)c1. The minimum Gasteiger partial charge on any atom is -0.478 e. The molecular weight excluding hydrogens is 613 g/mol. The Morgan fingerprint density at radius 2 is 1.41 bits per heavy atom. The van der Waals surface area contributed by atoms with E-state index in [1.165, 1.54) is 40.9 Å². The predicted octanol–water partition coefficient (Wildman–Crippen LogP) is 9.59. The van der Waals surface area contributed by atoms with Gasteiger partial charge in [0, 0.05) is 52.6 Å². The first-order valence-corrected chi connectivity index (χ1v) is 16.2. The Hall–Kier alpha value is -3.35. The molecule has 0 bridgehead atoms. The maximum absolute atomic E-state index is 11.5. The minimum atomic E-state index is -0.935. The van der Waals surface area contributed by atoms with Gasteiger partial charge in [0.05, 0.1) is 16.6 Å². The first-order chi connectivity index (χ1) is 21.3. The summed E-state index contributed by atoms with van der Waals surface area (Å²) in [5.74, 6) is 0.817. The molecule has 2 heterocycles. The minimum absolute atomic E-state index is 0.0230. The lowest BCUT2D eigenvalue weighted by Gasteiger charge is -2.34. The number of hydrogen-bond acceptors (Lipinski definition) is 3. The van der Waals surface area contributed by atoms with Gasteiger partial charge in [-0.25, -0.2) is 9.78 Å². The summed E-state index contributed by atoms with van der Waals surface area (Å²) in [4.78, 5) is 19.1. The van der Waals surface area contributed by atoms with Gasteiger partial charge in [0.2, 0.25) is 0 Å². The van der Waals surface area contributed by atoms with Gasteiger partial charge >= 0.3 is 5.97 Å². The van der Waals surface area contributed by atoms with Crippen LogP contribution in [0.25, 0.3) is 11.0 Å². The van der Waals surface area contributed by atoms with E-state index in [4.69, 9.17) is 39.8 Å². The largest absolute Gasteiger partial charge is 0.478 e. The van der Waals surface area contributed by atoms with Crippen LogP contribution in [0.15, 0.2) is 84.9 Å². The van der Waals surface area contributed by atoms with E-state index in [2.05, 4.69) is 51.9 Å². The van der Waals surface area contributed by atoms with Crippen LogP contribution in [0.5, 0.6) is 0 Å². The molecule has 0 unspecified atom stereocenters. The fourth-order valence-electron chi connectivity index (χ4n) is 6.61. The van der Waals surface area contributed by atoms with Gasteiger partial charge in [-0.3, -0.25) is 4.90 Å². The molecule has 1 N–H and O–H groups in total. The molecule has 0 spiro atoms. The molecule has 1 aliphatic carbocycles. The third kappa shape index (κ3) is 5.99. The lowest BCUT2D eigenvalue weighted by molar-refractivity contribution is 0.0696. The summed E-state index contributed by atoms with van der Waals surface area (Å²) >= 11 is 19.0. The second kappa shape index (κ2) is 12.2. The van der Waals surface area contributed by atoms with Crippen molar-refractivity contribution in [2.24, 2.45) is 0 Å². The molecule has 44 heavy (non-hydrogen) atoms. The summed E-state index contributed by atoms with van der Waals surface area (Å²) in [6.45, 7) is 2.45. The van der Waals surface area contributed by atoms with Crippen LogP contribution in [-0.2, 0) is 6.54 Å². The second-order valence-corrected chi connectivity index (χ2v) is 13.3. The molecule has 1 saturated heterocycles. The number of rotatable bonds is 8. The molecule has 1 aliphatic heterocycles. The Morgan fingerprint density at radius 1 is 0.795 bits per heavy atom. The normalized spacial score (nSPS) is 16.2. The van der Waals surface area contributed by atoms with Crippen molar-refractivity contribution >= 4 is 51.8 Å². The van der Waals surface area contributed by atoms with E-state index in [1.54, 1.807) is 18.2 Å². The van der Waals surface area contributed by atoms with Crippen LogP contribution in [0.2, 0.25) is 15.1 Å². The number of halogens is 3. The highest BCUT2D eigenvalue weighted by Crippen LogP contribution is 2.44.